The highest BCUT2D eigenvalue weighted by atomic mass is 16.1. The minimum absolute atomic E-state index is 0.0803. The van der Waals surface area contributed by atoms with Crippen LogP contribution in [0.25, 0.3) is 10.9 Å². The zero-order valence-corrected chi connectivity index (χ0v) is 18.2. The quantitative estimate of drug-likeness (QED) is 0.624. The fourth-order valence-corrected chi connectivity index (χ4v) is 3.59. The number of carbonyl (C=O) groups excluding carboxylic acids is 1. The summed E-state index contributed by atoms with van der Waals surface area (Å²) in [5.41, 5.74) is 4.04. The van der Waals surface area contributed by atoms with E-state index in [1.54, 1.807) is 6.07 Å². The number of hydrogen-bond donors (Lipinski definition) is 1. The Kier molecular flexibility index (Phi) is 7.00. The van der Waals surface area contributed by atoms with Crippen LogP contribution in [0.4, 0.5) is 0 Å². The highest BCUT2D eigenvalue weighted by Crippen LogP contribution is 2.18. The maximum Gasteiger partial charge on any atom is 0.261 e. The fraction of sp³-hybridized carbons (Fsp3) is 0.375. The van der Waals surface area contributed by atoms with Crippen molar-refractivity contribution in [2.24, 2.45) is 0 Å². The van der Waals surface area contributed by atoms with Crippen LogP contribution in [0.1, 0.15) is 36.1 Å². The standard InChI is InChI=1S/C24H30N4O2/c1-5-18-9-11-19(12-10-18)21(27(3)4)15-25-22(29)13-14-28-16-26-23-17(2)7-6-8-20(23)24(28)30/h6-12,16,21H,5,13-15H2,1-4H3,(H,25,29). The summed E-state index contributed by atoms with van der Waals surface area (Å²) in [5, 5.41) is 3.60. The molecule has 3 aromatic rings. The van der Waals surface area contributed by atoms with Crippen LogP contribution in [0.15, 0.2) is 53.6 Å². The molecule has 158 valence electrons. The van der Waals surface area contributed by atoms with Gasteiger partial charge in [0.1, 0.15) is 0 Å². The van der Waals surface area contributed by atoms with Crippen molar-refractivity contribution in [3.8, 4) is 0 Å². The fourth-order valence-electron chi connectivity index (χ4n) is 3.59. The summed E-state index contributed by atoms with van der Waals surface area (Å²) in [6.07, 6.45) is 2.77. The molecule has 0 radical (unpaired) electrons. The third-order valence-corrected chi connectivity index (χ3v) is 5.52. The summed E-state index contributed by atoms with van der Waals surface area (Å²) >= 11 is 0. The van der Waals surface area contributed by atoms with Gasteiger partial charge in [0.25, 0.3) is 5.56 Å². The SMILES string of the molecule is CCc1ccc(C(CNC(=O)CCn2cnc3c(C)cccc3c2=O)N(C)C)cc1. The number of rotatable bonds is 8. The van der Waals surface area contributed by atoms with Crippen molar-refractivity contribution in [1.29, 1.82) is 0 Å². The third kappa shape index (κ3) is 4.94. The summed E-state index contributed by atoms with van der Waals surface area (Å²) in [6, 6.07) is 14.2. The smallest absolute Gasteiger partial charge is 0.261 e. The van der Waals surface area contributed by atoms with E-state index in [2.05, 4.69) is 46.4 Å². The summed E-state index contributed by atoms with van der Waals surface area (Å²) in [5.74, 6) is -0.0803. The molecular weight excluding hydrogens is 376 g/mol. The van der Waals surface area contributed by atoms with Gasteiger partial charge >= 0.3 is 0 Å². The summed E-state index contributed by atoms with van der Waals surface area (Å²) in [7, 11) is 4.01. The highest BCUT2D eigenvalue weighted by Gasteiger charge is 2.15. The molecule has 0 aliphatic carbocycles. The monoisotopic (exact) mass is 406 g/mol. The van der Waals surface area contributed by atoms with Gasteiger partial charge in [-0.2, -0.15) is 0 Å². The van der Waals surface area contributed by atoms with Gasteiger partial charge in [-0.15, -0.1) is 0 Å². The van der Waals surface area contributed by atoms with Gasteiger partial charge in [0.05, 0.1) is 23.3 Å². The molecule has 1 heterocycles. The number of aryl methyl sites for hydroxylation is 3. The molecule has 1 amide bonds. The second-order valence-electron chi connectivity index (χ2n) is 7.84. The largest absolute Gasteiger partial charge is 0.354 e. The molecule has 1 unspecified atom stereocenters. The molecule has 1 aromatic heterocycles. The van der Waals surface area contributed by atoms with Crippen molar-refractivity contribution in [2.75, 3.05) is 20.6 Å². The van der Waals surface area contributed by atoms with E-state index < -0.39 is 0 Å². The number of carbonyl (C=O) groups is 1. The van der Waals surface area contributed by atoms with E-state index in [4.69, 9.17) is 0 Å². The minimum atomic E-state index is -0.112. The molecule has 0 fully saturated rings. The average molecular weight is 407 g/mol. The molecule has 0 saturated carbocycles. The summed E-state index contributed by atoms with van der Waals surface area (Å²) in [6.45, 7) is 4.89. The third-order valence-electron chi connectivity index (χ3n) is 5.52. The Hall–Kier alpha value is -2.99. The number of aromatic nitrogens is 2. The number of amides is 1. The zero-order valence-electron chi connectivity index (χ0n) is 18.2. The lowest BCUT2D eigenvalue weighted by Crippen LogP contribution is -2.35. The molecule has 0 aliphatic rings. The Morgan fingerprint density at radius 2 is 1.90 bits per heavy atom. The molecule has 1 N–H and O–H groups in total. The first kappa shape index (κ1) is 21.7. The first-order chi connectivity index (χ1) is 14.4. The van der Waals surface area contributed by atoms with Gasteiger partial charge in [0, 0.05) is 19.5 Å². The number of hydrogen-bond acceptors (Lipinski definition) is 4. The lowest BCUT2D eigenvalue weighted by atomic mass is 10.0. The van der Waals surface area contributed by atoms with Gasteiger partial charge in [-0.05, 0) is 50.2 Å². The Morgan fingerprint density at radius 3 is 2.57 bits per heavy atom. The highest BCUT2D eigenvalue weighted by molar-refractivity contribution is 5.80. The van der Waals surface area contributed by atoms with E-state index in [-0.39, 0.29) is 23.9 Å². The van der Waals surface area contributed by atoms with E-state index in [0.29, 0.717) is 24.0 Å². The van der Waals surface area contributed by atoms with Crippen molar-refractivity contribution < 1.29 is 4.79 Å². The lowest BCUT2D eigenvalue weighted by molar-refractivity contribution is -0.121. The van der Waals surface area contributed by atoms with Gasteiger partial charge in [-0.25, -0.2) is 4.98 Å². The molecule has 6 heteroatoms. The first-order valence-corrected chi connectivity index (χ1v) is 10.4. The Morgan fingerprint density at radius 1 is 1.17 bits per heavy atom. The van der Waals surface area contributed by atoms with E-state index >= 15 is 0 Å². The molecule has 0 spiro atoms. The maximum absolute atomic E-state index is 12.7. The van der Waals surface area contributed by atoms with E-state index in [0.717, 1.165) is 12.0 Å². The number of nitrogens with one attached hydrogen (secondary N) is 1. The van der Waals surface area contributed by atoms with E-state index in [1.165, 1.54) is 22.0 Å². The van der Waals surface area contributed by atoms with Crippen LogP contribution in [-0.4, -0.2) is 41.0 Å². The average Bonchev–Trinajstić information content (AvgIpc) is 2.74. The van der Waals surface area contributed by atoms with Crippen LogP contribution in [0.2, 0.25) is 0 Å². The zero-order chi connectivity index (χ0) is 21.7. The van der Waals surface area contributed by atoms with Crippen molar-refractivity contribution in [3.63, 3.8) is 0 Å². The van der Waals surface area contributed by atoms with Crippen LogP contribution < -0.4 is 10.9 Å². The number of likely N-dealkylation sites (N-methyl/N-ethyl adjacent to an activating group) is 1. The van der Waals surface area contributed by atoms with Crippen LogP contribution in [0.5, 0.6) is 0 Å². The lowest BCUT2D eigenvalue weighted by Gasteiger charge is -2.25. The number of nitrogens with zero attached hydrogens (tertiary/aromatic N) is 3. The molecular formula is C24H30N4O2. The second-order valence-corrected chi connectivity index (χ2v) is 7.84. The molecule has 3 rings (SSSR count). The minimum Gasteiger partial charge on any atom is -0.354 e. The molecule has 0 saturated heterocycles. The number of para-hydroxylation sites is 1. The van der Waals surface area contributed by atoms with Gasteiger partial charge in [-0.3, -0.25) is 14.2 Å². The van der Waals surface area contributed by atoms with Crippen molar-refractivity contribution in [1.82, 2.24) is 19.8 Å². The first-order valence-electron chi connectivity index (χ1n) is 10.4. The predicted octanol–water partition coefficient (Wildman–Crippen LogP) is 3.08. The van der Waals surface area contributed by atoms with Crippen LogP contribution in [0, 0.1) is 6.92 Å². The molecule has 2 aromatic carbocycles. The molecule has 6 nitrogen and oxygen atoms in total. The predicted molar refractivity (Wildman–Crippen MR) is 121 cm³/mol. The normalized spacial score (nSPS) is 12.3. The van der Waals surface area contributed by atoms with Crippen molar-refractivity contribution >= 4 is 16.8 Å². The van der Waals surface area contributed by atoms with Crippen molar-refractivity contribution in [2.45, 2.75) is 39.3 Å². The molecule has 30 heavy (non-hydrogen) atoms. The van der Waals surface area contributed by atoms with E-state index in [9.17, 15) is 9.59 Å². The summed E-state index contributed by atoms with van der Waals surface area (Å²) < 4.78 is 1.51. The van der Waals surface area contributed by atoms with Crippen LogP contribution in [0.3, 0.4) is 0 Å². The van der Waals surface area contributed by atoms with Gasteiger partial charge in [0.2, 0.25) is 5.91 Å². The second kappa shape index (κ2) is 9.67. The van der Waals surface area contributed by atoms with Crippen LogP contribution >= 0.6 is 0 Å². The molecule has 1 atom stereocenters. The Bertz CT molecular complexity index is 1070. The van der Waals surface area contributed by atoms with Crippen molar-refractivity contribution in [3.05, 3.63) is 75.8 Å². The molecule has 0 bridgehead atoms. The Labute approximate surface area is 177 Å². The summed E-state index contributed by atoms with van der Waals surface area (Å²) in [4.78, 5) is 31.6. The Balaban J connectivity index is 1.61. The van der Waals surface area contributed by atoms with Gasteiger partial charge in [-0.1, -0.05) is 43.3 Å². The van der Waals surface area contributed by atoms with Gasteiger partial charge in [0.15, 0.2) is 0 Å². The van der Waals surface area contributed by atoms with E-state index in [1.807, 2.05) is 33.2 Å². The number of benzene rings is 2. The van der Waals surface area contributed by atoms with Crippen LogP contribution in [-0.2, 0) is 17.8 Å². The van der Waals surface area contributed by atoms with Gasteiger partial charge < -0.3 is 10.2 Å². The number of fused-ring (bicyclic) bond motifs is 1. The topological polar surface area (TPSA) is 67.2 Å². The molecule has 0 aliphatic heterocycles. The maximum atomic E-state index is 12.7.